The van der Waals surface area contributed by atoms with E-state index in [1.165, 1.54) is 0 Å². The maximum Gasteiger partial charge on any atom is 0.227 e. The first kappa shape index (κ1) is 18.2. The smallest absolute Gasteiger partial charge is 0.227 e. The third kappa shape index (κ3) is 4.04. The number of phenolic OH excluding ortho intramolecular Hbond substituents is 2. The van der Waals surface area contributed by atoms with Crippen molar-refractivity contribution in [2.75, 3.05) is 5.32 Å². The standard InChI is InChI=1S/C17H14BrN3O2.BrH/c1-10-9-19-17(20-12-5-6-14(18)15(23)8-12)21-16(10)11-3-2-4-13(22)7-11;/h2-9,22-23H,1H3,(H,19,20,21);1H. The lowest BCUT2D eigenvalue weighted by atomic mass is 10.1. The summed E-state index contributed by atoms with van der Waals surface area (Å²) < 4.78 is 0.619. The van der Waals surface area contributed by atoms with Gasteiger partial charge in [0, 0.05) is 23.5 Å². The Kier molecular flexibility index (Phi) is 5.80. The van der Waals surface area contributed by atoms with Crippen LogP contribution in [-0.2, 0) is 0 Å². The highest BCUT2D eigenvalue weighted by Crippen LogP contribution is 2.29. The number of rotatable bonds is 3. The van der Waals surface area contributed by atoms with Gasteiger partial charge in [0.1, 0.15) is 11.5 Å². The SMILES string of the molecule is Br.Cc1cnc(Nc2ccc(Br)c(O)c2)nc1-c1cccc(O)c1. The summed E-state index contributed by atoms with van der Waals surface area (Å²) in [6.07, 6.45) is 1.72. The molecule has 0 amide bonds. The lowest BCUT2D eigenvalue weighted by Gasteiger charge is -2.10. The van der Waals surface area contributed by atoms with Gasteiger partial charge in [0.05, 0.1) is 10.2 Å². The summed E-state index contributed by atoms with van der Waals surface area (Å²) in [5.74, 6) is 0.735. The Balaban J connectivity index is 0.00000208. The van der Waals surface area contributed by atoms with E-state index in [4.69, 9.17) is 0 Å². The Morgan fingerprint density at radius 3 is 2.58 bits per heavy atom. The van der Waals surface area contributed by atoms with Crippen molar-refractivity contribution in [3.63, 3.8) is 0 Å². The van der Waals surface area contributed by atoms with Crippen molar-refractivity contribution < 1.29 is 10.2 Å². The molecule has 3 aromatic rings. The molecule has 0 saturated carbocycles. The van der Waals surface area contributed by atoms with Crippen molar-refractivity contribution in [1.82, 2.24) is 9.97 Å². The van der Waals surface area contributed by atoms with E-state index >= 15 is 0 Å². The van der Waals surface area contributed by atoms with E-state index in [1.54, 1.807) is 42.6 Å². The van der Waals surface area contributed by atoms with Crippen molar-refractivity contribution in [3.8, 4) is 22.8 Å². The van der Waals surface area contributed by atoms with Crippen LogP contribution in [0.5, 0.6) is 11.5 Å². The lowest BCUT2D eigenvalue weighted by Crippen LogP contribution is -2.00. The zero-order valence-electron chi connectivity index (χ0n) is 12.7. The molecule has 2 aromatic carbocycles. The maximum absolute atomic E-state index is 9.73. The second-order valence-corrected chi connectivity index (χ2v) is 5.92. The molecule has 0 atom stereocenters. The highest BCUT2D eigenvalue weighted by molar-refractivity contribution is 9.10. The van der Waals surface area contributed by atoms with Crippen LogP contribution in [-0.4, -0.2) is 20.2 Å². The number of benzene rings is 2. The second-order valence-electron chi connectivity index (χ2n) is 5.07. The maximum atomic E-state index is 9.73. The van der Waals surface area contributed by atoms with Gasteiger partial charge in [-0.15, -0.1) is 17.0 Å². The summed E-state index contributed by atoms with van der Waals surface area (Å²) in [6.45, 7) is 1.91. The number of aryl methyl sites for hydroxylation is 1. The molecule has 1 heterocycles. The minimum absolute atomic E-state index is 0. The molecule has 0 unspecified atom stereocenters. The molecule has 0 saturated heterocycles. The summed E-state index contributed by atoms with van der Waals surface area (Å²) in [7, 11) is 0. The van der Waals surface area contributed by atoms with Gasteiger partial charge in [-0.25, -0.2) is 9.97 Å². The molecule has 0 aliphatic carbocycles. The number of hydrogen-bond donors (Lipinski definition) is 3. The number of aromatic nitrogens is 2. The fourth-order valence-corrected chi connectivity index (χ4v) is 2.41. The van der Waals surface area contributed by atoms with Gasteiger partial charge in [0.15, 0.2) is 0 Å². The summed E-state index contributed by atoms with van der Waals surface area (Å²) in [5, 5.41) is 22.4. The van der Waals surface area contributed by atoms with Crippen molar-refractivity contribution in [2.45, 2.75) is 6.92 Å². The molecule has 5 nitrogen and oxygen atoms in total. The van der Waals surface area contributed by atoms with E-state index in [0.29, 0.717) is 16.1 Å². The third-order valence-electron chi connectivity index (χ3n) is 3.29. The summed E-state index contributed by atoms with van der Waals surface area (Å²) in [5.41, 5.74) is 3.13. The van der Waals surface area contributed by atoms with Crippen LogP contribution in [0.15, 0.2) is 53.1 Å². The van der Waals surface area contributed by atoms with Crippen molar-refractivity contribution in [3.05, 3.63) is 58.7 Å². The van der Waals surface area contributed by atoms with Gasteiger partial charge in [0.25, 0.3) is 0 Å². The molecule has 0 fully saturated rings. The quantitative estimate of drug-likeness (QED) is 0.524. The van der Waals surface area contributed by atoms with Crippen LogP contribution in [0.3, 0.4) is 0 Å². The molecule has 0 aliphatic rings. The first-order valence-electron chi connectivity index (χ1n) is 6.91. The van der Waals surface area contributed by atoms with Crippen LogP contribution >= 0.6 is 32.9 Å². The van der Waals surface area contributed by atoms with E-state index in [9.17, 15) is 10.2 Å². The van der Waals surface area contributed by atoms with Crippen LogP contribution in [0.25, 0.3) is 11.3 Å². The van der Waals surface area contributed by atoms with E-state index in [1.807, 2.05) is 13.0 Å². The largest absolute Gasteiger partial charge is 0.508 e. The number of anilines is 2. The van der Waals surface area contributed by atoms with Crippen LogP contribution in [0.4, 0.5) is 11.6 Å². The predicted octanol–water partition coefficient (Wildman–Crippen LogP) is 4.95. The molecule has 3 N–H and O–H groups in total. The highest BCUT2D eigenvalue weighted by atomic mass is 79.9. The summed E-state index contributed by atoms with van der Waals surface area (Å²) in [4.78, 5) is 8.76. The van der Waals surface area contributed by atoms with Crippen molar-refractivity contribution in [1.29, 1.82) is 0 Å². The molecule has 7 heteroatoms. The van der Waals surface area contributed by atoms with Gasteiger partial charge in [-0.05, 0) is 52.7 Å². The minimum atomic E-state index is 0. The molecular weight excluding hydrogens is 438 g/mol. The number of nitrogens with zero attached hydrogens (tertiary/aromatic N) is 2. The minimum Gasteiger partial charge on any atom is -0.508 e. The zero-order valence-corrected chi connectivity index (χ0v) is 16.0. The molecule has 124 valence electrons. The first-order chi connectivity index (χ1) is 11.0. The number of halogens is 2. The predicted molar refractivity (Wildman–Crippen MR) is 103 cm³/mol. The second kappa shape index (κ2) is 7.63. The van der Waals surface area contributed by atoms with Gasteiger partial charge in [-0.3, -0.25) is 0 Å². The highest BCUT2D eigenvalue weighted by Gasteiger charge is 2.08. The fraction of sp³-hybridized carbons (Fsp3) is 0.0588. The Labute approximate surface area is 158 Å². The van der Waals surface area contributed by atoms with Gasteiger partial charge in [-0.2, -0.15) is 0 Å². The summed E-state index contributed by atoms with van der Waals surface area (Å²) in [6, 6.07) is 12.1. The van der Waals surface area contributed by atoms with Crippen LogP contribution in [0.1, 0.15) is 5.56 Å². The zero-order chi connectivity index (χ0) is 16.4. The average Bonchev–Trinajstić information content (AvgIpc) is 2.53. The van der Waals surface area contributed by atoms with E-state index < -0.39 is 0 Å². The molecule has 0 bridgehead atoms. The Morgan fingerprint density at radius 2 is 1.88 bits per heavy atom. The van der Waals surface area contributed by atoms with Gasteiger partial charge in [-0.1, -0.05) is 12.1 Å². The van der Waals surface area contributed by atoms with Crippen molar-refractivity contribution >= 4 is 44.5 Å². The van der Waals surface area contributed by atoms with Crippen molar-refractivity contribution in [2.24, 2.45) is 0 Å². The Morgan fingerprint density at radius 1 is 1.08 bits per heavy atom. The molecule has 0 spiro atoms. The topological polar surface area (TPSA) is 78.3 Å². The molecule has 24 heavy (non-hydrogen) atoms. The number of nitrogens with one attached hydrogen (secondary N) is 1. The van der Waals surface area contributed by atoms with E-state index in [2.05, 4.69) is 31.2 Å². The van der Waals surface area contributed by atoms with Crippen LogP contribution < -0.4 is 5.32 Å². The monoisotopic (exact) mass is 451 g/mol. The third-order valence-corrected chi connectivity index (χ3v) is 3.96. The lowest BCUT2D eigenvalue weighted by molar-refractivity contribution is 0.472. The van der Waals surface area contributed by atoms with Gasteiger partial charge in [0.2, 0.25) is 5.95 Å². The van der Waals surface area contributed by atoms with Crippen LogP contribution in [0, 0.1) is 6.92 Å². The number of aromatic hydroxyl groups is 2. The van der Waals surface area contributed by atoms with Gasteiger partial charge < -0.3 is 15.5 Å². The Bertz CT molecular complexity index is 872. The van der Waals surface area contributed by atoms with Crippen LogP contribution in [0.2, 0.25) is 0 Å². The number of hydrogen-bond acceptors (Lipinski definition) is 5. The normalized spacial score (nSPS) is 10.1. The molecule has 0 aliphatic heterocycles. The fourth-order valence-electron chi connectivity index (χ4n) is 2.17. The molecule has 3 rings (SSSR count). The van der Waals surface area contributed by atoms with E-state index in [0.717, 1.165) is 16.8 Å². The number of phenols is 2. The average molecular weight is 453 g/mol. The molecular formula is C17H15Br2N3O2. The Hall–Kier alpha value is -2.12. The van der Waals surface area contributed by atoms with E-state index in [-0.39, 0.29) is 28.5 Å². The molecule has 1 aromatic heterocycles. The summed E-state index contributed by atoms with van der Waals surface area (Å²) >= 11 is 3.24. The first-order valence-corrected chi connectivity index (χ1v) is 7.71. The molecule has 0 radical (unpaired) electrons. The van der Waals surface area contributed by atoms with Gasteiger partial charge >= 0.3 is 0 Å².